The molecule has 7 nitrogen and oxygen atoms in total. The fraction of sp³-hybridized carbons (Fsp3) is 0.833. The van der Waals surface area contributed by atoms with Gasteiger partial charge >= 0.3 is 11.9 Å². The Morgan fingerprint density at radius 3 is 1.53 bits per heavy atom. The van der Waals surface area contributed by atoms with E-state index in [1.165, 1.54) is 128 Å². The number of carbonyl (C=O) groups is 2. The molecule has 0 aliphatic carbocycles. The van der Waals surface area contributed by atoms with E-state index in [4.69, 9.17) is 15.2 Å². The van der Waals surface area contributed by atoms with E-state index in [2.05, 4.69) is 43.7 Å². The van der Waals surface area contributed by atoms with Crippen LogP contribution in [0.15, 0.2) is 37.3 Å². The van der Waals surface area contributed by atoms with Crippen molar-refractivity contribution in [3.63, 3.8) is 0 Å². The third-order valence-corrected chi connectivity index (χ3v) is 10.6. The molecule has 0 aromatic heterocycles. The van der Waals surface area contributed by atoms with Gasteiger partial charge in [-0.05, 0) is 96.1 Å². The Bertz CT molecular complexity index is 923. The molecule has 322 valence electrons. The number of nitrogens with zero attached hydrogens (tertiary/aromatic N) is 2. The highest BCUT2D eigenvalue weighted by molar-refractivity contribution is 5.69. The predicted molar refractivity (Wildman–Crippen MR) is 237 cm³/mol. The molecule has 0 aliphatic rings. The molecule has 0 bridgehead atoms. The number of carbonyl (C=O) groups excluding carboxylic acids is 2. The van der Waals surface area contributed by atoms with Crippen LogP contribution in [0.5, 0.6) is 0 Å². The molecule has 0 rings (SSSR count). The lowest BCUT2D eigenvalue weighted by Gasteiger charge is -2.24. The van der Waals surface area contributed by atoms with E-state index in [9.17, 15) is 9.59 Å². The minimum Gasteiger partial charge on any atom is -0.466 e. The van der Waals surface area contributed by atoms with Crippen LogP contribution >= 0.6 is 0 Å². The van der Waals surface area contributed by atoms with Gasteiger partial charge in [-0.2, -0.15) is 0 Å². The molecule has 0 fully saturated rings. The first-order valence-electron chi connectivity index (χ1n) is 23.4. The van der Waals surface area contributed by atoms with Crippen molar-refractivity contribution >= 4 is 11.9 Å². The second-order valence-corrected chi connectivity index (χ2v) is 16.0. The summed E-state index contributed by atoms with van der Waals surface area (Å²) in [5, 5.41) is 0. The minimum atomic E-state index is -0.0263. The van der Waals surface area contributed by atoms with Crippen molar-refractivity contribution in [3.8, 4) is 0 Å². The Morgan fingerprint density at radius 1 is 0.564 bits per heavy atom. The van der Waals surface area contributed by atoms with Crippen molar-refractivity contribution in [1.29, 1.82) is 0 Å². The number of ether oxygens (including phenoxy) is 2. The largest absolute Gasteiger partial charge is 0.466 e. The number of nitrogens with two attached hydrogens (primary N) is 1. The van der Waals surface area contributed by atoms with Gasteiger partial charge in [-0.1, -0.05) is 156 Å². The summed E-state index contributed by atoms with van der Waals surface area (Å²) in [6, 6.07) is 0. The number of hydrogen-bond acceptors (Lipinski definition) is 7. The highest BCUT2D eigenvalue weighted by Gasteiger charge is 2.14. The first kappa shape index (κ1) is 52.7. The summed E-state index contributed by atoms with van der Waals surface area (Å²) >= 11 is 0. The van der Waals surface area contributed by atoms with Crippen LogP contribution in [0, 0.1) is 0 Å². The molecule has 55 heavy (non-hydrogen) atoms. The third kappa shape index (κ3) is 38.4. The monoisotopic (exact) mass is 774 g/mol. The highest BCUT2D eigenvalue weighted by atomic mass is 16.5. The first-order chi connectivity index (χ1) is 26.9. The average Bonchev–Trinajstić information content (AvgIpc) is 3.17. The Balaban J connectivity index is 4.45. The van der Waals surface area contributed by atoms with Gasteiger partial charge in [0.2, 0.25) is 0 Å². The summed E-state index contributed by atoms with van der Waals surface area (Å²) in [6.07, 6.45) is 40.9. The molecule has 0 heterocycles. The van der Waals surface area contributed by atoms with E-state index in [-0.39, 0.29) is 18.0 Å². The van der Waals surface area contributed by atoms with Crippen LogP contribution in [-0.4, -0.2) is 60.6 Å². The molecule has 2 N–H and O–H groups in total. The van der Waals surface area contributed by atoms with Crippen LogP contribution in [0.4, 0.5) is 0 Å². The van der Waals surface area contributed by atoms with Crippen LogP contribution in [-0.2, 0) is 19.1 Å². The van der Waals surface area contributed by atoms with Gasteiger partial charge in [0.1, 0.15) is 6.10 Å². The Hall–Kier alpha value is -2.28. The summed E-state index contributed by atoms with van der Waals surface area (Å²) in [6.45, 7) is 19.2. The van der Waals surface area contributed by atoms with Gasteiger partial charge in [0, 0.05) is 31.3 Å². The number of allylic oxidation sites excluding steroid dienone is 1. The second-order valence-electron chi connectivity index (χ2n) is 16.0. The zero-order valence-corrected chi connectivity index (χ0v) is 36.8. The van der Waals surface area contributed by atoms with Crippen molar-refractivity contribution in [3.05, 3.63) is 37.3 Å². The molecule has 0 saturated heterocycles. The fourth-order valence-corrected chi connectivity index (χ4v) is 7.10. The fourth-order valence-electron chi connectivity index (χ4n) is 7.10. The van der Waals surface area contributed by atoms with Crippen LogP contribution in [0.3, 0.4) is 0 Å². The summed E-state index contributed by atoms with van der Waals surface area (Å²) < 4.78 is 11.5. The van der Waals surface area contributed by atoms with Crippen LogP contribution in [0.1, 0.15) is 220 Å². The zero-order chi connectivity index (χ0) is 40.5. The molecule has 0 spiro atoms. The molecule has 0 aromatic carbocycles. The number of unbranched alkanes of at least 4 members (excludes halogenated alkanes) is 21. The molecule has 0 radical (unpaired) electrons. The number of esters is 2. The Morgan fingerprint density at radius 2 is 1.00 bits per heavy atom. The Labute approximate surface area is 341 Å². The maximum atomic E-state index is 12.7. The van der Waals surface area contributed by atoms with Crippen LogP contribution < -0.4 is 5.73 Å². The molecule has 7 heteroatoms. The van der Waals surface area contributed by atoms with Gasteiger partial charge in [-0.25, -0.2) is 0 Å². The lowest BCUT2D eigenvalue weighted by molar-refractivity contribution is -0.150. The van der Waals surface area contributed by atoms with Crippen molar-refractivity contribution in [2.75, 3.05) is 32.8 Å². The van der Waals surface area contributed by atoms with E-state index in [1.54, 1.807) is 0 Å². The number of hydrogen-bond donors (Lipinski definition) is 1. The van der Waals surface area contributed by atoms with E-state index in [1.807, 2.05) is 18.5 Å². The van der Waals surface area contributed by atoms with Crippen LogP contribution in [0.2, 0.25) is 0 Å². The van der Waals surface area contributed by atoms with Crippen molar-refractivity contribution in [2.24, 2.45) is 5.73 Å². The van der Waals surface area contributed by atoms with Crippen LogP contribution in [0.25, 0.3) is 0 Å². The Kier molecular flexibility index (Phi) is 39.6. The van der Waals surface area contributed by atoms with E-state index < -0.39 is 0 Å². The molecular formula is C48H91N3O4. The molecule has 0 amide bonds. The van der Waals surface area contributed by atoms with Crippen molar-refractivity contribution in [2.45, 2.75) is 226 Å². The normalized spacial score (nSPS) is 12.0. The van der Waals surface area contributed by atoms with Gasteiger partial charge in [0.15, 0.2) is 0 Å². The maximum absolute atomic E-state index is 12.7. The minimum absolute atomic E-state index is 0.0122. The SMILES string of the molecule is C=CN(/C=C\C(=C)N)CCCN(CCCCCCCC(=O)OCCCCCCCCC)CCCCCCCC(=O)OC(CCCCCC)CCCCCCC. The van der Waals surface area contributed by atoms with Crippen molar-refractivity contribution < 1.29 is 19.1 Å². The molecule has 1 atom stereocenters. The van der Waals surface area contributed by atoms with E-state index in [0.29, 0.717) is 25.1 Å². The molecule has 1 unspecified atom stereocenters. The zero-order valence-electron chi connectivity index (χ0n) is 36.8. The molecule has 0 aliphatic heterocycles. The summed E-state index contributed by atoms with van der Waals surface area (Å²) in [7, 11) is 0. The highest BCUT2D eigenvalue weighted by Crippen LogP contribution is 2.18. The lowest BCUT2D eigenvalue weighted by atomic mass is 10.0. The van der Waals surface area contributed by atoms with Crippen molar-refractivity contribution in [1.82, 2.24) is 9.80 Å². The predicted octanol–water partition coefficient (Wildman–Crippen LogP) is 13.3. The van der Waals surface area contributed by atoms with Gasteiger partial charge < -0.3 is 25.0 Å². The summed E-state index contributed by atoms with van der Waals surface area (Å²) in [5.41, 5.74) is 6.26. The van der Waals surface area contributed by atoms with E-state index in [0.717, 1.165) is 84.0 Å². The lowest BCUT2D eigenvalue weighted by Crippen LogP contribution is -2.29. The van der Waals surface area contributed by atoms with Gasteiger partial charge in [-0.3, -0.25) is 9.59 Å². The summed E-state index contributed by atoms with van der Waals surface area (Å²) in [4.78, 5) is 29.5. The molecular weight excluding hydrogens is 683 g/mol. The number of rotatable bonds is 43. The van der Waals surface area contributed by atoms with Gasteiger partial charge in [0.05, 0.1) is 6.61 Å². The smallest absolute Gasteiger partial charge is 0.306 e. The topological polar surface area (TPSA) is 85.1 Å². The van der Waals surface area contributed by atoms with Gasteiger partial charge in [-0.15, -0.1) is 0 Å². The maximum Gasteiger partial charge on any atom is 0.306 e. The average molecular weight is 774 g/mol. The second kappa shape index (κ2) is 41.4. The van der Waals surface area contributed by atoms with Gasteiger partial charge in [0.25, 0.3) is 0 Å². The summed E-state index contributed by atoms with van der Waals surface area (Å²) in [5.74, 6) is -0.0141. The quantitative estimate of drug-likeness (QED) is 0.0375. The third-order valence-electron chi connectivity index (χ3n) is 10.6. The molecule has 0 saturated carbocycles. The van der Waals surface area contributed by atoms with E-state index >= 15 is 0 Å². The molecule has 0 aromatic rings. The first-order valence-corrected chi connectivity index (χ1v) is 23.4. The standard InChI is InChI=1S/C48H91N3O4/c1-6-10-13-16-17-25-32-44-54-47(52)36-28-21-18-23-30-39-51(42-33-41-50(9-4)43-38-45(5)49)40-31-24-19-22-29-37-48(53)55-46(34-26-15-12-8-3)35-27-20-14-11-7-2/h9,38,43,46H,4-8,10-37,39-42,44,49H2,1-3H3/b43-38-.